The molecule has 1 aromatic heterocycles. The average molecular weight is 280 g/mol. The Morgan fingerprint density at radius 2 is 2.00 bits per heavy atom. The van der Waals surface area contributed by atoms with Crippen LogP contribution in [-0.4, -0.2) is 31.6 Å². The van der Waals surface area contributed by atoms with Gasteiger partial charge < -0.3 is 10.2 Å². The first-order chi connectivity index (χ1) is 8.89. The Balaban J connectivity index is 1.90. The quantitative estimate of drug-likeness (QED) is 0.903. The van der Waals surface area contributed by atoms with Crippen molar-refractivity contribution in [2.45, 2.75) is 46.6 Å². The Morgan fingerprint density at radius 3 is 2.53 bits per heavy atom. The summed E-state index contributed by atoms with van der Waals surface area (Å²) < 4.78 is 0. The highest BCUT2D eigenvalue weighted by molar-refractivity contribution is 7.12. The minimum absolute atomic E-state index is 0.472. The summed E-state index contributed by atoms with van der Waals surface area (Å²) in [5, 5.41) is 3.77. The summed E-state index contributed by atoms with van der Waals surface area (Å²) in [6.45, 7) is 12.8. The number of hydrogen-bond acceptors (Lipinski definition) is 3. The van der Waals surface area contributed by atoms with Crippen LogP contribution in [0.25, 0.3) is 0 Å². The molecule has 1 N–H and O–H groups in total. The van der Waals surface area contributed by atoms with E-state index in [1.54, 1.807) is 0 Å². The van der Waals surface area contributed by atoms with Crippen molar-refractivity contribution in [3.05, 3.63) is 21.4 Å². The molecule has 1 unspecified atom stereocenters. The molecule has 19 heavy (non-hydrogen) atoms. The maximum Gasteiger partial charge on any atom is 0.0303 e. The highest BCUT2D eigenvalue weighted by Crippen LogP contribution is 2.31. The standard InChI is InChI=1S/C16H28N2S/c1-12-10-15(14(3)19-12)13(2)17-11-16(4)6-8-18(5)9-7-16/h10,13,17H,6-9,11H2,1-5H3. The molecule has 1 saturated heterocycles. The van der Waals surface area contributed by atoms with E-state index in [1.165, 1.54) is 41.2 Å². The fraction of sp³-hybridized carbons (Fsp3) is 0.750. The van der Waals surface area contributed by atoms with Gasteiger partial charge in [0.25, 0.3) is 0 Å². The zero-order valence-corrected chi connectivity index (χ0v) is 13.9. The van der Waals surface area contributed by atoms with Crippen LogP contribution in [0.15, 0.2) is 6.07 Å². The third-order valence-electron chi connectivity index (χ3n) is 4.58. The third-order valence-corrected chi connectivity index (χ3v) is 5.56. The van der Waals surface area contributed by atoms with Gasteiger partial charge in [-0.3, -0.25) is 0 Å². The largest absolute Gasteiger partial charge is 0.310 e. The van der Waals surface area contributed by atoms with Crippen molar-refractivity contribution in [3.8, 4) is 0 Å². The highest BCUT2D eigenvalue weighted by atomic mass is 32.1. The Kier molecular flexibility index (Phi) is 4.70. The van der Waals surface area contributed by atoms with Gasteiger partial charge in [0.1, 0.15) is 0 Å². The van der Waals surface area contributed by atoms with Crippen LogP contribution in [0.5, 0.6) is 0 Å². The molecule has 0 spiro atoms. The maximum atomic E-state index is 3.77. The normalized spacial score (nSPS) is 21.5. The molecule has 1 aliphatic heterocycles. The molecule has 1 aromatic rings. The van der Waals surface area contributed by atoms with Crippen molar-refractivity contribution < 1.29 is 0 Å². The molecule has 1 fully saturated rings. The molecule has 0 saturated carbocycles. The van der Waals surface area contributed by atoms with Gasteiger partial charge in [0.15, 0.2) is 0 Å². The molecule has 0 aromatic carbocycles. The molecule has 0 aliphatic carbocycles. The van der Waals surface area contributed by atoms with Crippen molar-refractivity contribution in [3.63, 3.8) is 0 Å². The predicted octanol–water partition coefficient (Wildman–Crippen LogP) is 3.75. The summed E-state index contributed by atoms with van der Waals surface area (Å²) in [4.78, 5) is 5.33. The smallest absolute Gasteiger partial charge is 0.0303 e. The van der Waals surface area contributed by atoms with Crippen LogP contribution < -0.4 is 5.32 Å². The lowest BCUT2D eigenvalue weighted by molar-refractivity contribution is 0.134. The van der Waals surface area contributed by atoms with E-state index in [-0.39, 0.29) is 0 Å². The fourth-order valence-electron chi connectivity index (χ4n) is 2.92. The molecule has 0 bridgehead atoms. The predicted molar refractivity (Wildman–Crippen MR) is 85.0 cm³/mol. The number of nitrogens with zero attached hydrogens (tertiary/aromatic N) is 1. The second-order valence-corrected chi connectivity index (χ2v) is 8.05. The Morgan fingerprint density at radius 1 is 1.37 bits per heavy atom. The summed E-state index contributed by atoms with van der Waals surface area (Å²) in [5.41, 5.74) is 1.96. The van der Waals surface area contributed by atoms with Crippen LogP contribution >= 0.6 is 11.3 Å². The highest BCUT2D eigenvalue weighted by Gasteiger charge is 2.29. The second-order valence-electron chi connectivity index (χ2n) is 6.59. The number of aryl methyl sites for hydroxylation is 2. The van der Waals surface area contributed by atoms with Crippen molar-refractivity contribution in [1.29, 1.82) is 0 Å². The van der Waals surface area contributed by atoms with E-state index >= 15 is 0 Å². The van der Waals surface area contributed by atoms with Gasteiger partial charge >= 0.3 is 0 Å². The molecule has 1 aliphatic rings. The molecular formula is C16H28N2S. The molecule has 2 nitrogen and oxygen atoms in total. The lowest BCUT2D eigenvalue weighted by atomic mass is 9.80. The summed E-state index contributed by atoms with van der Waals surface area (Å²) >= 11 is 1.91. The summed E-state index contributed by atoms with van der Waals surface area (Å²) in [6, 6.07) is 2.82. The fourth-order valence-corrected chi connectivity index (χ4v) is 3.95. The molecular weight excluding hydrogens is 252 g/mol. The molecule has 108 valence electrons. The van der Waals surface area contributed by atoms with Gasteiger partial charge in [-0.25, -0.2) is 0 Å². The lowest BCUT2D eigenvalue weighted by Crippen LogP contribution is -2.42. The van der Waals surface area contributed by atoms with Crippen LogP contribution in [0.3, 0.4) is 0 Å². The van der Waals surface area contributed by atoms with Crippen molar-refractivity contribution in [2.75, 3.05) is 26.7 Å². The first kappa shape index (κ1) is 15.0. The number of piperidine rings is 1. The Labute approximate surface area is 122 Å². The number of likely N-dealkylation sites (tertiary alicyclic amines) is 1. The molecule has 0 amide bonds. The van der Waals surface area contributed by atoms with Crippen molar-refractivity contribution >= 4 is 11.3 Å². The van der Waals surface area contributed by atoms with Crippen molar-refractivity contribution in [1.82, 2.24) is 10.2 Å². The molecule has 3 heteroatoms. The van der Waals surface area contributed by atoms with Gasteiger partial charge in [-0.15, -0.1) is 11.3 Å². The summed E-state index contributed by atoms with van der Waals surface area (Å²) in [5.74, 6) is 0. The monoisotopic (exact) mass is 280 g/mol. The van der Waals surface area contributed by atoms with Gasteiger partial charge in [0.2, 0.25) is 0 Å². The lowest BCUT2D eigenvalue weighted by Gasteiger charge is -2.38. The number of hydrogen-bond donors (Lipinski definition) is 1. The summed E-state index contributed by atoms with van der Waals surface area (Å²) in [7, 11) is 2.23. The first-order valence-electron chi connectivity index (χ1n) is 7.38. The number of thiophene rings is 1. The van der Waals surface area contributed by atoms with Gasteiger partial charge in [-0.2, -0.15) is 0 Å². The van der Waals surface area contributed by atoms with Gasteiger partial charge in [0, 0.05) is 22.3 Å². The zero-order valence-electron chi connectivity index (χ0n) is 13.0. The first-order valence-corrected chi connectivity index (χ1v) is 8.20. The van der Waals surface area contributed by atoms with E-state index in [4.69, 9.17) is 0 Å². The van der Waals surface area contributed by atoms with E-state index in [1.807, 2.05) is 11.3 Å². The van der Waals surface area contributed by atoms with E-state index in [9.17, 15) is 0 Å². The van der Waals surface area contributed by atoms with Gasteiger partial charge in [-0.1, -0.05) is 6.92 Å². The topological polar surface area (TPSA) is 15.3 Å². The minimum Gasteiger partial charge on any atom is -0.310 e. The van der Waals surface area contributed by atoms with E-state index in [0.29, 0.717) is 11.5 Å². The third kappa shape index (κ3) is 3.80. The SMILES string of the molecule is Cc1cc(C(C)NCC2(C)CCN(C)CC2)c(C)s1. The molecule has 0 radical (unpaired) electrons. The maximum absolute atomic E-state index is 3.77. The Hall–Kier alpha value is -0.380. The average Bonchev–Trinajstić information content (AvgIpc) is 2.70. The van der Waals surface area contributed by atoms with Crippen LogP contribution in [0, 0.1) is 19.3 Å². The number of rotatable bonds is 4. The van der Waals surface area contributed by atoms with E-state index in [2.05, 4.69) is 51.0 Å². The zero-order chi connectivity index (χ0) is 14.0. The second kappa shape index (κ2) is 5.94. The Bertz CT molecular complexity index is 416. The van der Waals surface area contributed by atoms with E-state index in [0.717, 1.165) is 6.54 Å². The van der Waals surface area contributed by atoms with Crippen LogP contribution in [-0.2, 0) is 0 Å². The number of nitrogens with one attached hydrogen (secondary N) is 1. The van der Waals surface area contributed by atoms with Crippen molar-refractivity contribution in [2.24, 2.45) is 5.41 Å². The van der Waals surface area contributed by atoms with Gasteiger partial charge in [-0.05, 0) is 70.8 Å². The van der Waals surface area contributed by atoms with E-state index < -0.39 is 0 Å². The minimum atomic E-state index is 0.472. The van der Waals surface area contributed by atoms with Crippen LogP contribution in [0.2, 0.25) is 0 Å². The molecule has 2 rings (SSSR count). The van der Waals surface area contributed by atoms with Gasteiger partial charge in [0.05, 0.1) is 0 Å². The summed E-state index contributed by atoms with van der Waals surface area (Å²) in [6.07, 6.45) is 2.62. The molecule has 2 heterocycles. The molecule has 1 atom stereocenters. The van der Waals surface area contributed by atoms with Crippen LogP contribution in [0.1, 0.15) is 48.0 Å². The van der Waals surface area contributed by atoms with Crippen LogP contribution in [0.4, 0.5) is 0 Å².